The second kappa shape index (κ2) is 8.03. The van der Waals surface area contributed by atoms with E-state index in [1.165, 1.54) is 24.3 Å². The maximum Gasteiger partial charge on any atom is 0.325 e. The smallest absolute Gasteiger partial charge is 0.324 e. The molecule has 1 heterocycles. The number of benzene rings is 2. The molecule has 3 rings (SSSR count). The second-order valence-corrected chi connectivity index (χ2v) is 7.38. The van der Waals surface area contributed by atoms with Gasteiger partial charge < -0.3 is 10.6 Å². The van der Waals surface area contributed by atoms with Gasteiger partial charge in [0, 0.05) is 5.69 Å². The number of nitrogens with zero attached hydrogens (tertiary/aromatic N) is 1. The Morgan fingerprint density at radius 1 is 1.14 bits per heavy atom. The van der Waals surface area contributed by atoms with Crippen LogP contribution in [-0.2, 0) is 15.1 Å². The minimum absolute atomic E-state index is 0.203. The molecule has 1 fully saturated rings. The lowest BCUT2D eigenvalue weighted by atomic mass is 9.87. The van der Waals surface area contributed by atoms with Gasteiger partial charge in [-0.3, -0.25) is 14.5 Å². The van der Waals surface area contributed by atoms with E-state index in [1.807, 2.05) is 32.0 Å². The molecular weight excluding hydrogens is 373 g/mol. The summed E-state index contributed by atoms with van der Waals surface area (Å²) in [4.78, 5) is 39.1. The molecule has 1 saturated heterocycles. The van der Waals surface area contributed by atoms with Crippen molar-refractivity contribution in [3.8, 4) is 0 Å². The zero-order chi connectivity index (χ0) is 21.2. The minimum atomic E-state index is -1.30. The van der Waals surface area contributed by atoms with Crippen LogP contribution in [0.1, 0.15) is 44.2 Å². The summed E-state index contributed by atoms with van der Waals surface area (Å²) in [5, 5.41) is 5.48. The first-order chi connectivity index (χ1) is 13.8. The summed E-state index contributed by atoms with van der Waals surface area (Å²) in [7, 11) is 0. The van der Waals surface area contributed by atoms with Crippen molar-refractivity contribution in [1.82, 2.24) is 10.2 Å². The third-order valence-electron chi connectivity index (χ3n) is 5.20. The molecule has 1 aliphatic heterocycles. The third-order valence-corrected chi connectivity index (χ3v) is 5.20. The van der Waals surface area contributed by atoms with E-state index in [-0.39, 0.29) is 12.3 Å². The molecular formula is C22H24FN3O3. The van der Waals surface area contributed by atoms with E-state index in [0.29, 0.717) is 11.3 Å². The molecule has 152 valence electrons. The van der Waals surface area contributed by atoms with E-state index < -0.39 is 35.7 Å². The molecule has 1 aliphatic rings. The Labute approximate surface area is 169 Å². The Balaban J connectivity index is 1.80. The van der Waals surface area contributed by atoms with Gasteiger partial charge in [-0.2, -0.15) is 0 Å². The van der Waals surface area contributed by atoms with Crippen molar-refractivity contribution in [2.45, 2.75) is 38.6 Å². The average Bonchev–Trinajstić information content (AvgIpc) is 2.94. The number of halogens is 1. The van der Waals surface area contributed by atoms with Gasteiger partial charge in [-0.05, 0) is 41.7 Å². The number of anilines is 1. The van der Waals surface area contributed by atoms with Crippen LogP contribution in [0, 0.1) is 5.82 Å². The maximum absolute atomic E-state index is 13.3. The number of rotatable bonds is 6. The van der Waals surface area contributed by atoms with Gasteiger partial charge in [-0.15, -0.1) is 0 Å². The maximum atomic E-state index is 13.3. The van der Waals surface area contributed by atoms with Gasteiger partial charge in [0.25, 0.3) is 5.91 Å². The minimum Gasteiger partial charge on any atom is -0.324 e. The van der Waals surface area contributed by atoms with Crippen molar-refractivity contribution >= 4 is 23.5 Å². The van der Waals surface area contributed by atoms with Crippen LogP contribution in [0.3, 0.4) is 0 Å². The molecule has 2 N–H and O–H groups in total. The van der Waals surface area contributed by atoms with Crippen molar-refractivity contribution < 1.29 is 18.8 Å². The van der Waals surface area contributed by atoms with Gasteiger partial charge in [0.05, 0.1) is 0 Å². The molecule has 1 atom stereocenters. The highest BCUT2D eigenvalue weighted by atomic mass is 19.1. The number of urea groups is 1. The molecule has 2 aromatic carbocycles. The van der Waals surface area contributed by atoms with E-state index in [1.54, 1.807) is 13.0 Å². The zero-order valence-electron chi connectivity index (χ0n) is 16.7. The van der Waals surface area contributed by atoms with E-state index >= 15 is 0 Å². The lowest BCUT2D eigenvalue weighted by molar-refractivity contribution is -0.134. The van der Waals surface area contributed by atoms with Crippen molar-refractivity contribution in [2.75, 3.05) is 11.9 Å². The topological polar surface area (TPSA) is 78.5 Å². The number of carbonyl (C=O) groups excluding carboxylic acids is 3. The van der Waals surface area contributed by atoms with Crippen LogP contribution in [-0.4, -0.2) is 29.3 Å². The van der Waals surface area contributed by atoms with Crippen LogP contribution in [0.25, 0.3) is 0 Å². The number of amides is 4. The lowest BCUT2D eigenvalue weighted by Crippen LogP contribution is -2.44. The van der Waals surface area contributed by atoms with Crippen LogP contribution in [0.5, 0.6) is 0 Å². The Hall–Kier alpha value is -3.22. The van der Waals surface area contributed by atoms with Gasteiger partial charge in [0.2, 0.25) is 5.91 Å². The predicted molar refractivity (Wildman–Crippen MR) is 108 cm³/mol. The van der Waals surface area contributed by atoms with Gasteiger partial charge in [-0.1, -0.05) is 51.1 Å². The van der Waals surface area contributed by atoms with Crippen molar-refractivity contribution in [3.05, 3.63) is 65.5 Å². The standard InChI is InChI=1S/C22H24FN3O3/c1-4-22(15-9-11-16(23)12-10-15)20(28)26(21(29)25-22)13-19(27)24-18-8-6-5-7-17(18)14(2)3/h5-12,14H,4,13H2,1-3H3,(H,24,27)(H,25,29)/t22-/m0/s1. The van der Waals surface area contributed by atoms with Gasteiger partial charge in [0.1, 0.15) is 17.9 Å². The normalized spacial score (nSPS) is 18.9. The summed E-state index contributed by atoms with van der Waals surface area (Å²) in [6.07, 6.45) is 0.275. The van der Waals surface area contributed by atoms with Crippen LogP contribution in [0.15, 0.2) is 48.5 Å². The molecule has 7 heteroatoms. The fraction of sp³-hybridized carbons (Fsp3) is 0.318. The number of hydrogen-bond donors (Lipinski definition) is 2. The van der Waals surface area contributed by atoms with Crippen LogP contribution in [0.2, 0.25) is 0 Å². The number of para-hydroxylation sites is 1. The van der Waals surface area contributed by atoms with Gasteiger partial charge >= 0.3 is 6.03 Å². The summed E-state index contributed by atoms with van der Waals surface area (Å²) in [6.45, 7) is 5.38. The van der Waals surface area contributed by atoms with E-state index in [4.69, 9.17) is 0 Å². The average molecular weight is 397 g/mol. The summed E-state index contributed by atoms with van der Waals surface area (Å²) in [5.74, 6) is -1.22. The number of hydrogen-bond acceptors (Lipinski definition) is 3. The summed E-state index contributed by atoms with van der Waals surface area (Å²) < 4.78 is 13.3. The van der Waals surface area contributed by atoms with Crippen molar-refractivity contribution in [3.63, 3.8) is 0 Å². The molecule has 0 radical (unpaired) electrons. The van der Waals surface area contributed by atoms with Gasteiger partial charge in [-0.25, -0.2) is 9.18 Å². The molecule has 29 heavy (non-hydrogen) atoms. The quantitative estimate of drug-likeness (QED) is 0.729. The number of imide groups is 1. The Bertz CT molecular complexity index is 943. The fourth-order valence-corrected chi connectivity index (χ4v) is 3.59. The van der Waals surface area contributed by atoms with Crippen molar-refractivity contribution in [2.24, 2.45) is 0 Å². The number of nitrogens with one attached hydrogen (secondary N) is 2. The van der Waals surface area contributed by atoms with Gasteiger partial charge in [0.15, 0.2) is 0 Å². The third kappa shape index (κ3) is 3.85. The lowest BCUT2D eigenvalue weighted by Gasteiger charge is -2.25. The predicted octanol–water partition coefficient (Wildman–Crippen LogP) is 3.74. The summed E-state index contributed by atoms with van der Waals surface area (Å²) in [5.41, 5.74) is 0.792. The Morgan fingerprint density at radius 2 is 1.79 bits per heavy atom. The molecule has 0 aliphatic carbocycles. The van der Waals surface area contributed by atoms with E-state index in [2.05, 4.69) is 10.6 Å². The molecule has 0 bridgehead atoms. The first-order valence-corrected chi connectivity index (χ1v) is 9.57. The van der Waals surface area contributed by atoms with Crippen LogP contribution in [0.4, 0.5) is 14.9 Å². The second-order valence-electron chi connectivity index (χ2n) is 7.38. The number of carbonyl (C=O) groups is 3. The highest BCUT2D eigenvalue weighted by Gasteiger charge is 2.51. The summed E-state index contributed by atoms with van der Waals surface area (Å²) >= 11 is 0. The molecule has 2 aromatic rings. The van der Waals surface area contributed by atoms with Crippen LogP contribution < -0.4 is 10.6 Å². The zero-order valence-corrected chi connectivity index (χ0v) is 16.7. The van der Waals surface area contributed by atoms with Crippen molar-refractivity contribution in [1.29, 1.82) is 0 Å². The molecule has 4 amide bonds. The highest BCUT2D eigenvalue weighted by Crippen LogP contribution is 2.32. The molecule has 0 spiro atoms. The van der Waals surface area contributed by atoms with E-state index in [0.717, 1.165) is 10.5 Å². The SMILES string of the molecule is CC[C@@]1(c2ccc(F)cc2)NC(=O)N(CC(=O)Nc2ccccc2C(C)C)C1=O. The van der Waals surface area contributed by atoms with Crippen LogP contribution >= 0.6 is 0 Å². The Kier molecular flexibility index (Phi) is 5.68. The molecule has 0 aromatic heterocycles. The van der Waals surface area contributed by atoms with E-state index in [9.17, 15) is 18.8 Å². The first-order valence-electron chi connectivity index (χ1n) is 9.57. The largest absolute Gasteiger partial charge is 0.325 e. The summed E-state index contributed by atoms with van der Waals surface area (Å²) in [6, 6.07) is 12.2. The molecule has 6 nitrogen and oxygen atoms in total. The monoisotopic (exact) mass is 397 g/mol. The highest BCUT2D eigenvalue weighted by molar-refractivity contribution is 6.10. The Morgan fingerprint density at radius 3 is 2.41 bits per heavy atom. The molecule has 0 unspecified atom stereocenters. The molecule has 0 saturated carbocycles. The first kappa shape index (κ1) is 20.5. The fourth-order valence-electron chi connectivity index (χ4n) is 3.59.